The standard InChI is InChI=1S/C16H23F2NS/c1-2-19-13(10-12-6-8-20-9-7-12)11-14-15(17)4-3-5-16(14)18/h3-5,12-13,19H,2,6-11H2,1H3. The van der Waals surface area contributed by atoms with Crippen LogP contribution in [0.1, 0.15) is 31.7 Å². The topological polar surface area (TPSA) is 12.0 Å². The molecule has 1 aromatic rings. The van der Waals surface area contributed by atoms with Crippen LogP contribution in [0.5, 0.6) is 0 Å². The van der Waals surface area contributed by atoms with E-state index in [0.717, 1.165) is 13.0 Å². The van der Waals surface area contributed by atoms with E-state index in [1.807, 2.05) is 18.7 Å². The molecule has 4 heteroatoms. The molecule has 0 spiro atoms. The molecule has 20 heavy (non-hydrogen) atoms. The monoisotopic (exact) mass is 299 g/mol. The van der Waals surface area contributed by atoms with Crippen LogP contribution in [0.15, 0.2) is 18.2 Å². The highest BCUT2D eigenvalue weighted by Crippen LogP contribution is 2.27. The van der Waals surface area contributed by atoms with Gasteiger partial charge in [0.1, 0.15) is 11.6 Å². The smallest absolute Gasteiger partial charge is 0.129 e. The first-order chi connectivity index (χ1) is 9.70. The Labute approximate surface area is 124 Å². The van der Waals surface area contributed by atoms with Crippen LogP contribution in [-0.4, -0.2) is 24.1 Å². The molecule has 1 aliphatic heterocycles. The van der Waals surface area contributed by atoms with Crippen LogP contribution < -0.4 is 5.32 Å². The second kappa shape index (κ2) is 7.99. The molecule has 0 aromatic heterocycles. The Bertz CT molecular complexity index is 399. The fraction of sp³-hybridized carbons (Fsp3) is 0.625. The number of halogens is 2. The summed E-state index contributed by atoms with van der Waals surface area (Å²) in [6.45, 7) is 2.88. The lowest BCUT2D eigenvalue weighted by Gasteiger charge is -2.27. The van der Waals surface area contributed by atoms with E-state index in [1.54, 1.807) is 0 Å². The molecule has 0 radical (unpaired) electrons. The maximum absolute atomic E-state index is 13.8. The van der Waals surface area contributed by atoms with Crippen LogP contribution in [0, 0.1) is 17.6 Å². The molecule has 1 atom stereocenters. The van der Waals surface area contributed by atoms with Crippen LogP contribution in [0.2, 0.25) is 0 Å². The normalized spacial score (nSPS) is 18.1. The number of thioether (sulfide) groups is 1. The van der Waals surface area contributed by atoms with Crippen molar-refractivity contribution in [3.05, 3.63) is 35.4 Å². The van der Waals surface area contributed by atoms with Crippen molar-refractivity contribution in [2.24, 2.45) is 5.92 Å². The second-order valence-corrected chi connectivity index (χ2v) is 6.68. The fourth-order valence-corrected chi connectivity index (χ4v) is 4.09. The van der Waals surface area contributed by atoms with E-state index >= 15 is 0 Å². The lowest BCUT2D eigenvalue weighted by Crippen LogP contribution is -2.34. The lowest BCUT2D eigenvalue weighted by molar-refractivity contribution is 0.360. The first-order valence-corrected chi connectivity index (χ1v) is 8.60. The Morgan fingerprint density at radius 3 is 2.50 bits per heavy atom. The Morgan fingerprint density at radius 1 is 1.25 bits per heavy atom. The van der Waals surface area contributed by atoms with Gasteiger partial charge in [-0.1, -0.05) is 13.0 Å². The third-order valence-electron chi connectivity index (χ3n) is 3.96. The maximum atomic E-state index is 13.8. The van der Waals surface area contributed by atoms with Gasteiger partial charge >= 0.3 is 0 Å². The third-order valence-corrected chi connectivity index (χ3v) is 5.01. The molecule has 112 valence electrons. The van der Waals surface area contributed by atoms with Gasteiger partial charge in [0.25, 0.3) is 0 Å². The Balaban J connectivity index is 2.00. The molecule has 1 nitrogen and oxygen atoms in total. The molecule has 0 aliphatic carbocycles. The van der Waals surface area contributed by atoms with Gasteiger partial charge in [-0.3, -0.25) is 0 Å². The highest BCUT2D eigenvalue weighted by atomic mass is 32.2. The molecule has 1 heterocycles. The van der Waals surface area contributed by atoms with Gasteiger partial charge in [-0.2, -0.15) is 11.8 Å². The van der Waals surface area contributed by atoms with Gasteiger partial charge in [0.15, 0.2) is 0 Å². The Hall–Kier alpha value is -0.610. The van der Waals surface area contributed by atoms with E-state index in [1.165, 1.54) is 42.5 Å². The van der Waals surface area contributed by atoms with Gasteiger partial charge in [-0.05, 0) is 61.8 Å². The molecule has 0 amide bonds. The molecule has 1 unspecified atom stereocenters. The van der Waals surface area contributed by atoms with Gasteiger partial charge in [-0.15, -0.1) is 0 Å². The summed E-state index contributed by atoms with van der Waals surface area (Å²) in [5.41, 5.74) is 0.226. The molecule has 1 aliphatic rings. The second-order valence-electron chi connectivity index (χ2n) is 5.45. The average molecular weight is 299 g/mol. The van der Waals surface area contributed by atoms with E-state index in [9.17, 15) is 8.78 Å². The van der Waals surface area contributed by atoms with Crippen LogP contribution >= 0.6 is 11.8 Å². The van der Waals surface area contributed by atoms with Crippen molar-refractivity contribution < 1.29 is 8.78 Å². The highest BCUT2D eigenvalue weighted by molar-refractivity contribution is 7.99. The number of likely N-dealkylation sites (N-methyl/N-ethyl adjacent to an activating group) is 1. The molecule has 2 rings (SSSR count). The summed E-state index contributed by atoms with van der Waals surface area (Å²) < 4.78 is 27.5. The summed E-state index contributed by atoms with van der Waals surface area (Å²) in [6, 6.07) is 4.28. The quantitative estimate of drug-likeness (QED) is 0.851. The van der Waals surface area contributed by atoms with Crippen LogP contribution in [-0.2, 0) is 6.42 Å². The van der Waals surface area contributed by atoms with Crippen molar-refractivity contribution in [1.82, 2.24) is 5.32 Å². The summed E-state index contributed by atoms with van der Waals surface area (Å²) in [5.74, 6) is 2.28. The number of nitrogens with one attached hydrogen (secondary N) is 1. The predicted octanol–water partition coefficient (Wildman–Crippen LogP) is 4.02. The molecule has 1 aromatic carbocycles. The van der Waals surface area contributed by atoms with Crippen molar-refractivity contribution in [1.29, 1.82) is 0 Å². The number of rotatable bonds is 6. The number of hydrogen-bond donors (Lipinski definition) is 1. The fourth-order valence-electron chi connectivity index (χ4n) is 2.89. The molecular formula is C16H23F2NS. The van der Waals surface area contributed by atoms with Crippen LogP contribution in [0.25, 0.3) is 0 Å². The SMILES string of the molecule is CCNC(Cc1c(F)cccc1F)CC1CCSCC1. The van der Waals surface area contributed by atoms with Gasteiger partial charge in [0.05, 0.1) is 0 Å². The average Bonchev–Trinajstić information content (AvgIpc) is 2.44. The zero-order valence-corrected chi connectivity index (χ0v) is 12.8. The molecule has 0 saturated carbocycles. The summed E-state index contributed by atoms with van der Waals surface area (Å²) >= 11 is 2.01. The Morgan fingerprint density at radius 2 is 1.90 bits per heavy atom. The molecule has 1 fully saturated rings. The van der Waals surface area contributed by atoms with Crippen molar-refractivity contribution in [3.8, 4) is 0 Å². The number of hydrogen-bond acceptors (Lipinski definition) is 2. The van der Waals surface area contributed by atoms with Gasteiger partial charge in [-0.25, -0.2) is 8.78 Å². The van der Waals surface area contributed by atoms with Crippen molar-refractivity contribution in [2.75, 3.05) is 18.1 Å². The lowest BCUT2D eigenvalue weighted by atomic mass is 9.91. The highest BCUT2D eigenvalue weighted by Gasteiger charge is 2.21. The van der Waals surface area contributed by atoms with Gasteiger partial charge in [0.2, 0.25) is 0 Å². The molecule has 1 saturated heterocycles. The number of benzene rings is 1. The summed E-state index contributed by atoms with van der Waals surface area (Å²) in [7, 11) is 0. The molecular weight excluding hydrogens is 276 g/mol. The minimum Gasteiger partial charge on any atom is -0.314 e. The van der Waals surface area contributed by atoms with E-state index in [0.29, 0.717) is 12.3 Å². The molecule has 0 bridgehead atoms. The summed E-state index contributed by atoms with van der Waals surface area (Å²) in [6.07, 6.45) is 3.91. The van der Waals surface area contributed by atoms with Crippen molar-refractivity contribution in [3.63, 3.8) is 0 Å². The molecule has 1 N–H and O–H groups in total. The minimum atomic E-state index is -0.424. The van der Waals surface area contributed by atoms with Crippen LogP contribution in [0.3, 0.4) is 0 Å². The van der Waals surface area contributed by atoms with Crippen molar-refractivity contribution in [2.45, 2.75) is 38.6 Å². The largest absolute Gasteiger partial charge is 0.314 e. The minimum absolute atomic E-state index is 0.166. The van der Waals surface area contributed by atoms with E-state index in [4.69, 9.17) is 0 Å². The zero-order chi connectivity index (χ0) is 14.4. The maximum Gasteiger partial charge on any atom is 0.129 e. The predicted molar refractivity (Wildman–Crippen MR) is 82.2 cm³/mol. The zero-order valence-electron chi connectivity index (χ0n) is 12.0. The van der Waals surface area contributed by atoms with Crippen molar-refractivity contribution >= 4 is 11.8 Å². The Kier molecular flexibility index (Phi) is 6.30. The van der Waals surface area contributed by atoms with E-state index < -0.39 is 11.6 Å². The summed E-state index contributed by atoms with van der Waals surface area (Å²) in [5, 5.41) is 3.39. The van der Waals surface area contributed by atoms with Gasteiger partial charge in [0, 0.05) is 11.6 Å². The van der Waals surface area contributed by atoms with Gasteiger partial charge < -0.3 is 5.32 Å². The first-order valence-electron chi connectivity index (χ1n) is 7.44. The summed E-state index contributed by atoms with van der Waals surface area (Å²) in [4.78, 5) is 0. The van der Waals surface area contributed by atoms with Crippen LogP contribution in [0.4, 0.5) is 8.78 Å². The third kappa shape index (κ3) is 4.45. The first kappa shape index (κ1) is 15.8. The van der Waals surface area contributed by atoms with E-state index in [2.05, 4.69) is 5.32 Å². The van der Waals surface area contributed by atoms with E-state index in [-0.39, 0.29) is 11.6 Å².